The van der Waals surface area contributed by atoms with Crippen LogP contribution in [0.15, 0.2) is 0 Å². The molecule has 6 heteroatoms. The Labute approximate surface area is 111 Å². The molecule has 0 aromatic rings. The third-order valence-corrected chi connectivity index (χ3v) is 4.78. The van der Waals surface area contributed by atoms with E-state index in [1.165, 1.54) is 0 Å². The maximum absolute atomic E-state index is 11.8. The molecule has 1 fully saturated rings. The summed E-state index contributed by atoms with van der Waals surface area (Å²) in [7, 11) is -1.45. The lowest BCUT2D eigenvalue weighted by Crippen LogP contribution is -2.35. The molecule has 0 spiro atoms. The highest BCUT2D eigenvalue weighted by molar-refractivity contribution is 7.89. The summed E-state index contributed by atoms with van der Waals surface area (Å²) in [4.78, 5) is 0. The molecule has 0 aliphatic heterocycles. The van der Waals surface area contributed by atoms with Crippen molar-refractivity contribution in [2.75, 3.05) is 26.0 Å². The fourth-order valence-electron chi connectivity index (χ4n) is 2.26. The minimum absolute atomic E-state index is 0.0588. The van der Waals surface area contributed by atoms with Crippen LogP contribution in [0, 0.1) is 0 Å². The van der Waals surface area contributed by atoms with E-state index < -0.39 is 10.0 Å². The van der Waals surface area contributed by atoms with E-state index in [-0.39, 0.29) is 17.9 Å². The molecule has 0 aromatic heterocycles. The maximum Gasteiger partial charge on any atom is 0.211 e. The van der Waals surface area contributed by atoms with Gasteiger partial charge in [0.2, 0.25) is 10.0 Å². The second-order valence-corrected chi connectivity index (χ2v) is 6.78. The lowest BCUT2D eigenvalue weighted by molar-refractivity contribution is 0.107. The SMILES string of the molecule is CCCNCCCS(=O)(=O)NC1CCC(OC)C1. The Hall–Kier alpha value is -0.170. The van der Waals surface area contributed by atoms with Gasteiger partial charge in [-0.05, 0) is 45.2 Å². The zero-order valence-electron chi connectivity index (χ0n) is 11.4. The lowest BCUT2D eigenvalue weighted by atomic mass is 10.3. The highest BCUT2D eigenvalue weighted by Gasteiger charge is 2.27. The van der Waals surface area contributed by atoms with Crippen molar-refractivity contribution in [2.24, 2.45) is 0 Å². The monoisotopic (exact) mass is 278 g/mol. The molecule has 0 bridgehead atoms. The van der Waals surface area contributed by atoms with Crippen LogP contribution in [0.25, 0.3) is 0 Å². The van der Waals surface area contributed by atoms with Gasteiger partial charge in [0.25, 0.3) is 0 Å². The Morgan fingerprint density at radius 3 is 2.67 bits per heavy atom. The molecule has 0 amide bonds. The maximum atomic E-state index is 11.8. The fourth-order valence-corrected chi connectivity index (χ4v) is 3.63. The van der Waals surface area contributed by atoms with Crippen LogP contribution in [0.5, 0.6) is 0 Å². The van der Waals surface area contributed by atoms with E-state index in [0.717, 1.165) is 38.8 Å². The van der Waals surface area contributed by atoms with Gasteiger partial charge in [-0.25, -0.2) is 13.1 Å². The van der Waals surface area contributed by atoms with Crippen molar-refractivity contribution in [1.82, 2.24) is 10.0 Å². The third-order valence-electron chi connectivity index (χ3n) is 3.26. The number of ether oxygens (including phenoxy) is 1. The van der Waals surface area contributed by atoms with Crippen LogP contribution < -0.4 is 10.0 Å². The number of sulfonamides is 1. The van der Waals surface area contributed by atoms with Gasteiger partial charge in [0.1, 0.15) is 0 Å². The van der Waals surface area contributed by atoms with Crippen molar-refractivity contribution in [1.29, 1.82) is 0 Å². The highest BCUT2D eigenvalue weighted by atomic mass is 32.2. The molecule has 1 aliphatic carbocycles. The summed E-state index contributed by atoms with van der Waals surface area (Å²) in [6.45, 7) is 3.81. The zero-order chi connectivity index (χ0) is 13.4. The van der Waals surface area contributed by atoms with Gasteiger partial charge >= 0.3 is 0 Å². The molecule has 0 heterocycles. The second-order valence-electron chi connectivity index (χ2n) is 4.91. The van der Waals surface area contributed by atoms with Gasteiger partial charge in [-0.1, -0.05) is 6.92 Å². The lowest BCUT2D eigenvalue weighted by Gasteiger charge is -2.13. The summed E-state index contributed by atoms with van der Waals surface area (Å²) in [6, 6.07) is 0.0588. The normalized spacial score (nSPS) is 24.6. The minimum atomic E-state index is -3.13. The van der Waals surface area contributed by atoms with E-state index >= 15 is 0 Å². The average molecular weight is 278 g/mol. The molecule has 0 saturated heterocycles. The van der Waals surface area contributed by atoms with E-state index in [9.17, 15) is 8.42 Å². The molecule has 1 aliphatic rings. The predicted molar refractivity (Wildman–Crippen MR) is 73.1 cm³/mol. The average Bonchev–Trinajstić information content (AvgIpc) is 2.75. The number of rotatable bonds is 9. The van der Waals surface area contributed by atoms with E-state index in [1.807, 2.05) is 0 Å². The molecule has 2 atom stereocenters. The molecule has 1 saturated carbocycles. The molecule has 2 unspecified atom stereocenters. The summed E-state index contributed by atoms with van der Waals surface area (Å²) in [5.41, 5.74) is 0. The van der Waals surface area contributed by atoms with E-state index in [4.69, 9.17) is 4.74 Å². The first kappa shape index (κ1) is 15.9. The Kier molecular flexibility index (Phi) is 7.14. The van der Waals surface area contributed by atoms with E-state index in [0.29, 0.717) is 6.42 Å². The van der Waals surface area contributed by atoms with Crippen LogP contribution in [0.2, 0.25) is 0 Å². The fraction of sp³-hybridized carbons (Fsp3) is 1.00. The molecule has 1 rings (SSSR count). The van der Waals surface area contributed by atoms with Crippen LogP contribution in [0.1, 0.15) is 39.0 Å². The summed E-state index contributed by atoms with van der Waals surface area (Å²) in [6.07, 6.45) is 4.57. The molecule has 108 valence electrons. The van der Waals surface area contributed by atoms with Gasteiger partial charge in [0, 0.05) is 13.2 Å². The molecule has 2 N–H and O–H groups in total. The van der Waals surface area contributed by atoms with Gasteiger partial charge in [-0.3, -0.25) is 0 Å². The van der Waals surface area contributed by atoms with Crippen molar-refractivity contribution in [2.45, 2.75) is 51.2 Å². The first-order chi connectivity index (χ1) is 8.57. The van der Waals surface area contributed by atoms with Crippen LogP contribution in [-0.2, 0) is 14.8 Å². The Bertz CT molecular complexity index is 319. The van der Waals surface area contributed by atoms with Gasteiger partial charge in [-0.15, -0.1) is 0 Å². The topological polar surface area (TPSA) is 67.4 Å². The quantitative estimate of drug-likeness (QED) is 0.614. The van der Waals surface area contributed by atoms with Crippen molar-refractivity contribution in [3.8, 4) is 0 Å². The number of hydrogen-bond acceptors (Lipinski definition) is 4. The zero-order valence-corrected chi connectivity index (χ0v) is 12.3. The largest absolute Gasteiger partial charge is 0.381 e. The summed E-state index contributed by atoms with van der Waals surface area (Å²) >= 11 is 0. The summed E-state index contributed by atoms with van der Waals surface area (Å²) < 4.78 is 31.7. The number of methoxy groups -OCH3 is 1. The van der Waals surface area contributed by atoms with Crippen molar-refractivity contribution in [3.05, 3.63) is 0 Å². The molecule has 0 radical (unpaired) electrons. The Balaban J connectivity index is 2.19. The van der Waals surface area contributed by atoms with Gasteiger partial charge < -0.3 is 10.1 Å². The first-order valence-corrected chi connectivity index (χ1v) is 8.46. The van der Waals surface area contributed by atoms with Crippen LogP contribution in [0.4, 0.5) is 0 Å². The van der Waals surface area contributed by atoms with Crippen LogP contribution >= 0.6 is 0 Å². The second kappa shape index (κ2) is 8.09. The van der Waals surface area contributed by atoms with Gasteiger partial charge in [0.05, 0.1) is 11.9 Å². The first-order valence-electron chi connectivity index (χ1n) is 6.81. The summed E-state index contributed by atoms with van der Waals surface area (Å²) in [5, 5.41) is 3.21. The van der Waals surface area contributed by atoms with Gasteiger partial charge in [0.15, 0.2) is 0 Å². The minimum Gasteiger partial charge on any atom is -0.381 e. The number of nitrogens with one attached hydrogen (secondary N) is 2. The van der Waals surface area contributed by atoms with Crippen molar-refractivity contribution < 1.29 is 13.2 Å². The van der Waals surface area contributed by atoms with Gasteiger partial charge in [-0.2, -0.15) is 0 Å². The molecular formula is C12H26N2O3S. The van der Waals surface area contributed by atoms with Crippen LogP contribution in [-0.4, -0.2) is 46.5 Å². The molecule has 18 heavy (non-hydrogen) atoms. The standard InChI is InChI=1S/C12H26N2O3S/c1-3-7-13-8-4-9-18(15,16)14-11-5-6-12(10-11)17-2/h11-14H,3-10H2,1-2H3. The third kappa shape index (κ3) is 6.13. The van der Waals surface area contributed by atoms with E-state index in [1.54, 1.807) is 7.11 Å². The molecule has 0 aromatic carbocycles. The Morgan fingerprint density at radius 1 is 1.28 bits per heavy atom. The predicted octanol–water partition coefficient (Wildman–Crippen LogP) is 0.863. The molecular weight excluding hydrogens is 252 g/mol. The van der Waals surface area contributed by atoms with E-state index in [2.05, 4.69) is 17.0 Å². The summed E-state index contributed by atoms with van der Waals surface area (Å²) in [5.74, 6) is 0.206. The van der Waals surface area contributed by atoms with Crippen molar-refractivity contribution in [3.63, 3.8) is 0 Å². The highest BCUT2D eigenvalue weighted by Crippen LogP contribution is 2.21. The Morgan fingerprint density at radius 2 is 2.06 bits per heavy atom. The van der Waals surface area contributed by atoms with Crippen molar-refractivity contribution >= 4 is 10.0 Å². The van der Waals surface area contributed by atoms with Crippen LogP contribution in [0.3, 0.4) is 0 Å². The molecule has 5 nitrogen and oxygen atoms in total. The smallest absolute Gasteiger partial charge is 0.211 e. The number of hydrogen-bond donors (Lipinski definition) is 2.